The number of nitrogens with zero attached hydrogens (tertiary/aromatic N) is 2. The number of pyridine rings is 1. The molecular weight excluding hydrogens is 198 g/mol. The molecule has 1 aliphatic heterocycles. The van der Waals surface area contributed by atoms with Crippen LogP contribution in [0, 0.1) is 6.92 Å². The Kier molecular flexibility index (Phi) is 2.40. The summed E-state index contributed by atoms with van der Waals surface area (Å²) in [6.07, 6.45) is 6.63. The first-order chi connectivity index (χ1) is 7.84. The highest BCUT2D eigenvalue weighted by molar-refractivity contribution is 5.48. The molecule has 1 N–H and O–H groups in total. The predicted octanol–water partition coefficient (Wildman–Crippen LogP) is 2.11. The van der Waals surface area contributed by atoms with Crippen molar-refractivity contribution in [2.24, 2.45) is 0 Å². The smallest absolute Gasteiger partial charge is 0.117 e. The molecule has 84 valence electrons. The molecule has 0 spiro atoms. The van der Waals surface area contributed by atoms with Gasteiger partial charge in [-0.15, -0.1) is 0 Å². The molecule has 3 heterocycles. The molecule has 0 aromatic carbocycles. The van der Waals surface area contributed by atoms with E-state index < -0.39 is 0 Å². The third kappa shape index (κ3) is 1.61. The average Bonchev–Trinajstić information content (AvgIpc) is 2.73. The van der Waals surface area contributed by atoms with Gasteiger partial charge in [-0.1, -0.05) is 0 Å². The van der Waals surface area contributed by atoms with Gasteiger partial charge in [0, 0.05) is 18.7 Å². The van der Waals surface area contributed by atoms with Crippen molar-refractivity contribution in [3.8, 4) is 0 Å². The molecule has 0 aliphatic carbocycles. The van der Waals surface area contributed by atoms with E-state index in [1.807, 2.05) is 6.20 Å². The summed E-state index contributed by atoms with van der Waals surface area (Å²) in [5.74, 6) is 1.78. The molecule has 1 aliphatic rings. The van der Waals surface area contributed by atoms with Gasteiger partial charge in [-0.25, -0.2) is 4.98 Å². The van der Waals surface area contributed by atoms with Crippen molar-refractivity contribution in [3.63, 3.8) is 0 Å². The van der Waals surface area contributed by atoms with Crippen LogP contribution in [0.25, 0.3) is 5.52 Å². The van der Waals surface area contributed by atoms with E-state index in [1.165, 1.54) is 29.7 Å². The lowest BCUT2D eigenvalue weighted by Gasteiger charge is -2.21. The average molecular weight is 215 g/mol. The molecule has 1 atom stereocenters. The molecule has 2 aromatic heterocycles. The number of fused-ring (bicyclic) bond motifs is 1. The van der Waals surface area contributed by atoms with Crippen molar-refractivity contribution >= 4 is 5.52 Å². The van der Waals surface area contributed by atoms with Gasteiger partial charge < -0.3 is 9.72 Å². The maximum absolute atomic E-state index is 4.58. The van der Waals surface area contributed by atoms with Crippen LogP contribution in [0.2, 0.25) is 0 Å². The van der Waals surface area contributed by atoms with Gasteiger partial charge in [-0.3, -0.25) is 0 Å². The second kappa shape index (κ2) is 3.91. The lowest BCUT2D eigenvalue weighted by atomic mass is 9.99. The van der Waals surface area contributed by atoms with Crippen molar-refractivity contribution in [3.05, 3.63) is 35.9 Å². The van der Waals surface area contributed by atoms with E-state index in [9.17, 15) is 0 Å². The Labute approximate surface area is 95.5 Å². The number of nitrogens with one attached hydrogen (secondary N) is 1. The fourth-order valence-electron chi connectivity index (χ4n) is 2.51. The molecule has 0 saturated carbocycles. The van der Waals surface area contributed by atoms with Crippen molar-refractivity contribution in [1.29, 1.82) is 0 Å². The minimum absolute atomic E-state index is 0.568. The van der Waals surface area contributed by atoms with Crippen molar-refractivity contribution in [1.82, 2.24) is 14.7 Å². The molecule has 2 aromatic rings. The molecule has 1 fully saturated rings. The van der Waals surface area contributed by atoms with Crippen molar-refractivity contribution in [2.75, 3.05) is 13.1 Å². The molecule has 3 heteroatoms. The summed E-state index contributed by atoms with van der Waals surface area (Å²) in [5.41, 5.74) is 2.50. The maximum atomic E-state index is 4.58. The summed E-state index contributed by atoms with van der Waals surface area (Å²) >= 11 is 0. The minimum atomic E-state index is 0.568. The number of hydrogen-bond donors (Lipinski definition) is 1. The van der Waals surface area contributed by atoms with Crippen LogP contribution in [0.5, 0.6) is 0 Å². The van der Waals surface area contributed by atoms with Gasteiger partial charge in [-0.2, -0.15) is 0 Å². The summed E-state index contributed by atoms with van der Waals surface area (Å²) in [6, 6.07) is 4.33. The molecule has 0 bridgehead atoms. The van der Waals surface area contributed by atoms with Crippen LogP contribution >= 0.6 is 0 Å². The van der Waals surface area contributed by atoms with E-state index in [2.05, 4.69) is 40.0 Å². The largest absolute Gasteiger partial charge is 0.316 e. The molecule has 1 unspecified atom stereocenters. The fraction of sp³-hybridized carbons (Fsp3) is 0.462. The monoisotopic (exact) mass is 215 g/mol. The van der Waals surface area contributed by atoms with Gasteiger partial charge in [0.15, 0.2) is 0 Å². The minimum Gasteiger partial charge on any atom is -0.316 e. The topological polar surface area (TPSA) is 29.3 Å². The Morgan fingerprint density at radius 3 is 3.25 bits per heavy atom. The van der Waals surface area contributed by atoms with E-state index in [0.717, 1.165) is 13.1 Å². The van der Waals surface area contributed by atoms with Crippen LogP contribution in [0.3, 0.4) is 0 Å². The van der Waals surface area contributed by atoms with Crippen LogP contribution in [-0.4, -0.2) is 22.5 Å². The van der Waals surface area contributed by atoms with Gasteiger partial charge >= 0.3 is 0 Å². The number of hydrogen-bond acceptors (Lipinski definition) is 2. The number of imidazole rings is 1. The standard InChI is InChI=1S/C13H17N3/c1-10-4-6-16-12(7-10)9-15-13(16)11-3-2-5-14-8-11/h4,6-7,9,11,14H,2-3,5,8H2,1H3. The number of rotatable bonds is 1. The zero-order valence-electron chi connectivity index (χ0n) is 9.61. The predicted molar refractivity (Wildman–Crippen MR) is 64.8 cm³/mol. The SMILES string of the molecule is Cc1ccn2c(C3CCCNC3)ncc2c1. The Bertz CT molecular complexity index is 495. The van der Waals surface area contributed by atoms with Crippen LogP contribution < -0.4 is 5.32 Å². The molecule has 0 amide bonds. The second-order valence-electron chi connectivity index (χ2n) is 4.66. The highest BCUT2D eigenvalue weighted by atomic mass is 15.0. The third-order valence-electron chi connectivity index (χ3n) is 3.38. The van der Waals surface area contributed by atoms with Crippen molar-refractivity contribution in [2.45, 2.75) is 25.7 Å². The van der Waals surface area contributed by atoms with E-state index in [1.54, 1.807) is 0 Å². The number of aryl methyl sites for hydroxylation is 1. The number of aromatic nitrogens is 2. The first-order valence-electron chi connectivity index (χ1n) is 5.99. The summed E-state index contributed by atoms with van der Waals surface area (Å²) in [6.45, 7) is 4.33. The molecule has 3 nitrogen and oxygen atoms in total. The zero-order chi connectivity index (χ0) is 11.0. The molecule has 16 heavy (non-hydrogen) atoms. The highest BCUT2D eigenvalue weighted by Crippen LogP contribution is 2.23. The van der Waals surface area contributed by atoms with Crippen LogP contribution in [0.1, 0.15) is 30.1 Å². The molecule has 0 radical (unpaired) electrons. The van der Waals surface area contributed by atoms with Gasteiger partial charge in [0.2, 0.25) is 0 Å². The van der Waals surface area contributed by atoms with E-state index in [-0.39, 0.29) is 0 Å². The van der Waals surface area contributed by atoms with Crippen LogP contribution in [0.4, 0.5) is 0 Å². The van der Waals surface area contributed by atoms with Crippen LogP contribution in [0.15, 0.2) is 24.5 Å². The Hall–Kier alpha value is -1.35. The Morgan fingerprint density at radius 2 is 2.44 bits per heavy atom. The van der Waals surface area contributed by atoms with E-state index in [4.69, 9.17) is 0 Å². The fourth-order valence-corrected chi connectivity index (χ4v) is 2.51. The Morgan fingerprint density at radius 1 is 1.50 bits per heavy atom. The lowest BCUT2D eigenvalue weighted by molar-refractivity contribution is 0.445. The van der Waals surface area contributed by atoms with Gasteiger partial charge in [0.1, 0.15) is 5.82 Å². The van der Waals surface area contributed by atoms with Gasteiger partial charge in [0.05, 0.1) is 11.7 Å². The normalized spacial score (nSPS) is 21.4. The van der Waals surface area contributed by atoms with Gasteiger partial charge in [0.25, 0.3) is 0 Å². The summed E-state index contributed by atoms with van der Waals surface area (Å²) < 4.78 is 2.23. The maximum Gasteiger partial charge on any atom is 0.117 e. The lowest BCUT2D eigenvalue weighted by Crippen LogP contribution is -2.29. The third-order valence-corrected chi connectivity index (χ3v) is 3.38. The number of piperidine rings is 1. The van der Waals surface area contributed by atoms with Crippen LogP contribution in [-0.2, 0) is 0 Å². The molecular formula is C13H17N3. The summed E-state index contributed by atoms with van der Waals surface area (Å²) in [4.78, 5) is 4.58. The van der Waals surface area contributed by atoms with E-state index >= 15 is 0 Å². The van der Waals surface area contributed by atoms with E-state index in [0.29, 0.717) is 5.92 Å². The zero-order valence-corrected chi connectivity index (χ0v) is 9.61. The quantitative estimate of drug-likeness (QED) is 0.789. The van der Waals surface area contributed by atoms with Crippen molar-refractivity contribution < 1.29 is 0 Å². The van der Waals surface area contributed by atoms with Gasteiger partial charge in [-0.05, 0) is 44.0 Å². The second-order valence-corrected chi connectivity index (χ2v) is 4.66. The summed E-state index contributed by atoms with van der Waals surface area (Å²) in [5, 5.41) is 3.45. The Balaban J connectivity index is 2.03. The first kappa shape index (κ1) is 9.85. The molecule has 1 saturated heterocycles. The first-order valence-corrected chi connectivity index (χ1v) is 5.99. The highest BCUT2D eigenvalue weighted by Gasteiger charge is 2.19. The summed E-state index contributed by atoms with van der Waals surface area (Å²) in [7, 11) is 0. The molecule has 3 rings (SSSR count).